The molecule has 0 aromatic carbocycles. The van der Waals surface area contributed by atoms with Crippen LogP contribution in [-0.4, -0.2) is 27.9 Å². The average Bonchev–Trinajstić information content (AvgIpc) is 2.73. The topological polar surface area (TPSA) is 42.7 Å². The average molecular weight is 238 g/mol. The number of rotatable bonds is 7. The summed E-state index contributed by atoms with van der Waals surface area (Å²) in [7, 11) is 2.03. The van der Waals surface area contributed by atoms with E-state index in [9.17, 15) is 0 Å². The molecular formula is C13H26N4. The second kappa shape index (κ2) is 6.15. The lowest BCUT2D eigenvalue weighted by atomic mass is 9.80. The number of hydrogen-bond acceptors (Lipinski definition) is 3. The molecule has 1 aromatic rings. The molecule has 0 bridgehead atoms. The Morgan fingerprint density at radius 1 is 1.41 bits per heavy atom. The van der Waals surface area contributed by atoms with Gasteiger partial charge in [0.15, 0.2) is 0 Å². The summed E-state index contributed by atoms with van der Waals surface area (Å²) >= 11 is 0. The van der Waals surface area contributed by atoms with Crippen LogP contribution in [0, 0.1) is 5.41 Å². The molecule has 1 heterocycles. The molecular weight excluding hydrogens is 212 g/mol. The van der Waals surface area contributed by atoms with Gasteiger partial charge in [0.2, 0.25) is 0 Å². The number of likely N-dealkylation sites (N-methyl/N-ethyl adjacent to an activating group) is 1. The second-order valence-corrected chi connectivity index (χ2v) is 5.29. The van der Waals surface area contributed by atoms with Crippen LogP contribution in [0.1, 0.15) is 46.4 Å². The predicted octanol–water partition coefficient (Wildman–Crippen LogP) is 2.25. The van der Waals surface area contributed by atoms with Gasteiger partial charge in [-0.3, -0.25) is 4.68 Å². The second-order valence-electron chi connectivity index (χ2n) is 5.29. The summed E-state index contributed by atoms with van der Waals surface area (Å²) in [6, 6.07) is 0.437. The fraction of sp³-hybridized carbons (Fsp3) is 0.846. The molecule has 1 N–H and O–H groups in total. The molecule has 0 amide bonds. The fourth-order valence-electron chi connectivity index (χ4n) is 2.04. The third-order valence-corrected chi connectivity index (χ3v) is 3.72. The Labute approximate surface area is 105 Å². The lowest BCUT2D eigenvalue weighted by Gasteiger charge is -2.33. The van der Waals surface area contributed by atoms with E-state index in [1.807, 2.05) is 11.7 Å². The maximum absolute atomic E-state index is 4.38. The minimum atomic E-state index is 0.276. The maximum atomic E-state index is 4.38. The normalized spacial score (nSPS) is 13.9. The van der Waals surface area contributed by atoms with Crippen LogP contribution in [0.4, 0.5) is 0 Å². The summed E-state index contributed by atoms with van der Waals surface area (Å²) < 4.78 is 2.02. The van der Waals surface area contributed by atoms with Gasteiger partial charge in [-0.05, 0) is 25.3 Å². The van der Waals surface area contributed by atoms with Crippen molar-refractivity contribution in [1.29, 1.82) is 0 Å². The molecule has 0 fully saturated rings. The molecule has 4 heteroatoms. The Morgan fingerprint density at radius 2 is 2.12 bits per heavy atom. The molecule has 1 atom stereocenters. The first-order chi connectivity index (χ1) is 8.05. The summed E-state index contributed by atoms with van der Waals surface area (Å²) in [5.74, 6) is 1.09. The molecule has 1 unspecified atom stereocenters. The first-order valence-corrected chi connectivity index (χ1v) is 6.59. The van der Waals surface area contributed by atoms with Gasteiger partial charge in [0, 0.05) is 19.0 Å². The quantitative estimate of drug-likeness (QED) is 0.792. The third kappa shape index (κ3) is 3.53. The van der Waals surface area contributed by atoms with Gasteiger partial charge in [0.25, 0.3) is 0 Å². The van der Waals surface area contributed by atoms with Crippen molar-refractivity contribution in [2.75, 3.05) is 7.05 Å². The van der Waals surface area contributed by atoms with Crippen molar-refractivity contribution in [1.82, 2.24) is 20.1 Å². The summed E-state index contributed by atoms with van der Waals surface area (Å²) in [6.07, 6.45) is 4.85. The Balaban J connectivity index is 2.77. The zero-order valence-electron chi connectivity index (χ0n) is 11.8. The predicted molar refractivity (Wildman–Crippen MR) is 70.9 cm³/mol. The van der Waals surface area contributed by atoms with Crippen molar-refractivity contribution in [3.8, 4) is 0 Å². The fourth-order valence-corrected chi connectivity index (χ4v) is 2.04. The number of aromatic nitrogens is 3. The van der Waals surface area contributed by atoms with Crippen molar-refractivity contribution in [2.24, 2.45) is 5.41 Å². The van der Waals surface area contributed by atoms with Crippen LogP contribution < -0.4 is 5.32 Å². The van der Waals surface area contributed by atoms with Crippen LogP contribution in [0.5, 0.6) is 0 Å². The van der Waals surface area contributed by atoms with Gasteiger partial charge in [0.1, 0.15) is 12.2 Å². The SMILES string of the molecule is CCCn1ncnc1CC(NC)C(C)(C)CC. The standard InChI is InChI=1S/C13H26N4/c1-6-8-17-12(15-10-16-17)9-11(14-5)13(3,4)7-2/h10-11,14H,6-9H2,1-5H3. The summed E-state index contributed by atoms with van der Waals surface area (Å²) in [6.45, 7) is 9.96. The zero-order valence-corrected chi connectivity index (χ0v) is 11.8. The van der Waals surface area contributed by atoms with Crippen LogP contribution in [0.15, 0.2) is 6.33 Å². The van der Waals surface area contributed by atoms with E-state index in [0.29, 0.717) is 6.04 Å². The molecule has 0 aliphatic carbocycles. The molecule has 4 nitrogen and oxygen atoms in total. The minimum absolute atomic E-state index is 0.276. The van der Waals surface area contributed by atoms with E-state index >= 15 is 0 Å². The van der Waals surface area contributed by atoms with Gasteiger partial charge in [-0.25, -0.2) is 4.98 Å². The lowest BCUT2D eigenvalue weighted by Crippen LogP contribution is -2.42. The van der Waals surface area contributed by atoms with Crippen LogP contribution in [0.2, 0.25) is 0 Å². The van der Waals surface area contributed by atoms with Crippen molar-refractivity contribution in [2.45, 2.75) is 59.5 Å². The molecule has 0 saturated heterocycles. The first kappa shape index (κ1) is 14.2. The molecule has 17 heavy (non-hydrogen) atoms. The van der Waals surface area contributed by atoms with E-state index in [1.54, 1.807) is 6.33 Å². The lowest BCUT2D eigenvalue weighted by molar-refractivity contribution is 0.235. The minimum Gasteiger partial charge on any atom is -0.316 e. The largest absolute Gasteiger partial charge is 0.316 e. The van der Waals surface area contributed by atoms with E-state index < -0.39 is 0 Å². The smallest absolute Gasteiger partial charge is 0.138 e. The highest BCUT2D eigenvalue weighted by molar-refractivity contribution is 4.94. The van der Waals surface area contributed by atoms with E-state index in [4.69, 9.17) is 0 Å². The molecule has 0 spiro atoms. The van der Waals surface area contributed by atoms with Crippen molar-refractivity contribution < 1.29 is 0 Å². The maximum Gasteiger partial charge on any atom is 0.138 e. The van der Waals surface area contributed by atoms with Crippen LogP contribution in [-0.2, 0) is 13.0 Å². The highest BCUT2D eigenvalue weighted by atomic mass is 15.3. The molecule has 0 aliphatic rings. The molecule has 98 valence electrons. The van der Waals surface area contributed by atoms with Gasteiger partial charge in [-0.1, -0.05) is 27.7 Å². The Morgan fingerprint density at radius 3 is 2.65 bits per heavy atom. The number of nitrogens with one attached hydrogen (secondary N) is 1. The van der Waals surface area contributed by atoms with E-state index in [0.717, 1.165) is 31.6 Å². The summed E-state index contributed by atoms with van der Waals surface area (Å²) in [5, 5.41) is 7.70. The van der Waals surface area contributed by atoms with E-state index in [2.05, 4.69) is 43.1 Å². The Bertz CT molecular complexity index is 330. The zero-order chi connectivity index (χ0) is 12.9. The molecule has 0 radical (unpaired) electrons. The molecule has 0 saturated carbocycles. The first-order valence-electron chi connectivity index (χ1n) is 6.59. The van der Waals surface area contributed by atoms with Crippen LogP contribution in [0.25, 0.3) is 0 Å². The molecule has 0 aliphatic heterocycles. The van der Waals surface area contributed by atoms with E-state index in [-0.39, 0.29) is 5.41 Å². The van der Waals surface area contributed by atoms with Crippen molar-refractivity contribution in [3.63, 3.8) is 0 Å². The van der Waals surface area contributed by atoms with Crippen LogP contribution >= 0.6 is 0 Å². The molecule has 1 aromatic heterocycles. The van der Waals surface area contributed by atoms with Gasteiger partial charge >= 0.3 is 0 Å². The van der Waals surface area contributed by atoms with Crippen molar-refractivity contribution >= 4 is 0 Å². The number of hydrogen-bond donors (Lipinski definition) is 1. The monoisotopic (exact) mass is 238 g/mol. The van der Waals surface area contributed by atoms with Gasteiger partial charge < -0.3 is 5.32 Å². The number of nitrogens with zero attached hydrogens (tertiary/aromatic N) is 3. The summed E-state index contributed by atoms with van der Waals surface area (Å²) in [5.41, 5.74) is 0.276. The summed E-state index contributed by atoms with van der Waals surface area (Å²) in [4.78, 5) is 4.38. The van der Waals surface area contributed by atoms with Crippen LogP contribution in [0.3, 0.4) is 0 Å². The molecule has 1 rings (SSSR count). The highest BCUT2D eigenvalue weighted by Crippen LogP contribution is 2.26. The van der Waals surface area contributed by atoms with Gasteiger partial charge in [-0.15, -0.1) is 0 Å². The Hall–Kier alpha value is -0.900. The van der Waals surface area contributed by atoms with Gasteiger partial charge in [0.05, 0.1) is 0 Å². The van der Waals surface area contributed by atoms with Gasteiger partial charge in [-0.2, -0.15) is 5.10 Å². The number of aryl methyl sites for hydroxylation is 1. The van der Waals surface area contributed by atoms with E-state index in [1.165, 1.54) is 0 Å². The highest BCUT2D eigenvalue weighted by Gasteiger charge is 2.27. The van der Waals surface area contributed by atoms with Crippen molar-refractivity contribution in [3.05, 3.63) is 12.2 Å². The third-order valence-electron chi connectivity index (χ3n) is 3.72. The Kier molecular flexibility index (Phi) is 5.12.